The Morgan fingerprint density at radius 1 is 1.64 bits per heavy atom. The number of hydrogen-bond acceptors (Lipinski definition) is 4. The molecule has 74 valence electrons. The van der Waals surface area contributed by atoms with Gasteiger partial charge < -0.3 is 15.2 Å². The number of carbonyl (C=O) groups excluding carboxylic acids is 1. The maximum atomic E-state index is 11.2. The van der Waals surface area contributed by atoms with Crippen LogP contribution >= 0.6 is 0 Å². The molecule has 4 nitrogen and oxygen atoms in total. The van der Waals surface area contributed by atoms with E-state index < -0.39 is 0 Å². The van der Waals surface area contributed by atoms with Crippen molar-refractivity contribution < 1.29 is 14.6 Å². The van der Waals surface area contributed by atoms with Crippen molar-refractivity contribution in [2.45, 2.75) is 12.5 Å². The van der Waals surface area contributed by atoms with Gasteiger partial charge >= 0.3 is 5.97 Å². The zero-order chi connectivity index (χ0) is 10.1. The Labute approximate surface area is 81.5 Å². The summed E-state index contributed by atoms with van der Waals surface area (Å²) >= 11 is 0. The van der Waals surface area contributed by atoms with Crippen LogP contribution in [0.1, 0.15) is 5.56 Å². The van der Waals surface area contributed by atoms with E-state index in [9.17, 15) is 9.90 Å². The van der Waals surface area contributed by atoms with E-state index in [1.807, 2.05) is 0 Å². The zero-order valence-corrected chi connectivity index (χ0v) is 7.78. The average Bonchev–Trinajstić information content (AvgIpc) is 2.59. The lowest BCUT2D eigenvalue weighted by Crippen LogP contribution is -2.27. The number of aromatic hydroxyl groups is 1. The lowest BCUT2D eigenvalue weighted by atomic mass is 10.1. The van der Waals surface area contributed by atoms with Gasteiger partial charge in [0.25, 0.3) is 0 Å². The number of rotatable bonds is 1. The Morgan fingerprint density at radius 3 is 3.14 bits per heavy atom. The van der Waals surface area contributed by atoms with Crippen molar-refractivity contribution in [3.8, 4) is 5.75 Å². The molecule has 0 amide bonds. The molecule has 0 spiro atoms. The van der Waals surface area contributed by atoms with Crippen LogP contribution in [0.15, 0.2) is 18.2 Å². The molecule has 1 aromatic rings. The number of benzene rings is 1. The van der Waals surface area contributed by atoms with Crippen LogP contribution in [0.3, 0.4) is 0 Å². The Kier molecular flexibility index (Phi) is 2.04. The summed E-state index contributed by atoms with van der Waals surface area (Å²) in [6.45, 7) is 0. The van der Waals surface area contributed by atoms with Crippen LogP contribution in [0, 0.1) is 0 Å². The van der Waals surface area contributed by atoms with Gasteiger partial charge in [0.2, 0.25) is 0 Å². The second-order valence-electron chi connectivity index (χ2n) is 3.27. The molecule has 0 saturated heterocycles. The fourth-order valence-electron chi connectivity index (χ4n) is 1.62. The van der Waals surface area contributed by atoms with E-state index in [0.717, 1.165) is 11.3 Å². The monoisotopic (exact) mass is 193 g/mol. The summed E-state index contributed by atoms with van der Waals surface area (Å²) in [7, 11) is 1.37. The van der Waals surface area contributed by atoms with E-state index in [1.54, 1.807) is 18.2 Å². The number of fused-ring (bicyclic) bond motifs is 1. The fourth-order valence-corrected chi connectivity index (χ4v) is 1.62. The van der Waals surface area contributed by atoms with E-state index in [2.05, 4.69) is 10.1 Å². The van der Waals surface area contributed by atoms with Gasteiger partial charge in [-0.1, -0.05) is 6.07 Å². The third-order valence-corrected chi connectivity index (χ3v) is 2.33. The molecule has 2 N–H and O–H groups in total. The van der Waals surface area contributed by atoms with E-state index in [-0.39, 0.29) is 17.8 Å². The molecule has 0 fully saturated rings. The molecule has 0 bridgehead atoms. The smallest absolute Gasteiger partial charge is 0.328 e. The van der Waals surface area contributed by atoms with Gasteiger partial charge in [0.15, 0.2) is 0 Å². The van der Waals surface area contributed by atoms with Gasteiger partial charge in [-0.05, 0) is 11.6 Å². The molecule has 2 rings (SSSR count). The van der Waals surface area contributed by atoms with Gasteiger partial charge in [0.1, 0.15) is 11.8 Å². The molecule has 1 aromatic carbocycles. The Morgan fingerprint density at radius 2 is 2.43 bits per heavy atom. The second kappa shape index (κ2) is 3.21. The predicted molar refractivity (Wildman–Crippen MR) is 51.2 cm³/mol. The third kappa shape index (κ3) is 1.39. The van der Waals surface area contributed by atoms with Crippen LogP contribution in [-0.2, 0) is 16.0 Å². The molecular formula is C10H11NO3. The van der Waals surface area contributed by atoms with E-state index in [4.69, 9.17) is 0 Å². The molecular weight excluding hydrogens is 182 g/mol. The Balaban J connectivity index is 2.22. The summed E-state index contributed by atoms with van der Waals surface area (Å²) in [6, 6.07) is 4.70. The van der Waals surface area contributed by atoms with Gasteiger partial charge in [-0.15, -0.1) is 0 Å². The van der Waals surface area contributed by atoms with Gasteiger partial charge in [-0.2, -0.15) is 0 Å². The minimum Gasteiger partial charge on any atom is -0.508 e. The van der Waals surface area contributed by atoms with E-state index in [0.29, 0.717) is 6.42 Å². The van der Waals surface area contributed by atoms with Crippen molar-refractivity contribution in [2.24, 2.45) is 0 Å². The van der Waals surface area contributed by atoms with Crippen molar-refractivity contribution in [3.63, 3.8) is 0 Å². The van der Waals surface area contributed by atoms with E-state index >= 15 is 0 Å². The van der Waals surface area contributed by atoms with Crippen molar-refractivity contribution in [2.75, 3.05) is 12.4 Å². The van der Waals surface area contributed by atoms with Crippen LogP contribution in [0.5, 0.6) is 5.75 Å². The number of phenolic OH excluding ortho intramolecular Hbond substituents is 1. The highest BCUT2D eigenvalue weighted by Gasteiger charge is 2.27. The summed E-state index contributed by atoms with van der Waals surface area (Å²) in [4.78, 5) is 11.2. The number of ether oxygens (including phenoxy) is 1. The number of nitrogens with one attached hydrogen (secondary N) is 1. The number of esters is 1. The van der Waals surface area contributed by atoms with Gasteiger partial charge in [-0.25, -0.2) is 4.79 Å². The highest BCUT2D eigenvalue weighted by Crippen LogP contribution is 2.29. The summed E-state index contributed by atoms with van der Waals surface area (Å²) in [6.07, 6.45) is 0.613. The van der Waals surface area contributed by atoms with Crippen LogP contribution < -0.4 is 5.32 Å². The number of methoxy groups -OCH3 is 1. The molecule has 1 unspecified atom stereocenters. The lowest BCUT2D eigenvalue weighted by Gasteiger charge is -2.07. The minimum atomic E-state index is -0.322. The fraction of sp³-hybridized carbons (Fsp3) is 0.300. The average molecular weight is 193 g/mol. The summed E-state index contributed by atoms with van der Waals surface area (Å²) in [5.41, 5.74) is 1.83. The molecule has 1 aliphatic heterocycles. The molecule has 4 heteroatoms. The standard InChI is InChI=1S/C10H11NO3/c1-14-10(13)9-4-6-2-3-7(12)5-8(6)11-9/h2-3,5,9,11-12H,4H2,1H3. The van der Waals surface area contributed by atoms with E-state index in [1.165, 1.54) is 7.11 Å². The molecule has 1 aliphatic rings. The first-order valence-corrected chi connectivity index (χ1v) is 4.37. The maximum Gasteiger partial charge on any atom is 0.328 e. The molecule has 14 heavy (non-hydrogen) atoms. The molecule has 0 aliphatic carbocycles. The SMILES string of the molecule is COC(=O)C1Cc2ccc(O)cc2N1. The first-order valence-electron chi connectivity index (χ1n) is 4.37. The number of phenols is 1. The first-order chi connectivity index (χ1) is 6.70. The number of hydrogen-bond donors (Lipinski definition) is 2. The highest BCUT2D eigenvalue weighted by atomic mass is 16.5. The second-order valence-corrected chi connectivity index (χ2v) is 3.27. The van der Waals surface area contributed by atoms with Gasteiger partial charge in [0.05, 0.1) is 7.11 Å². The molecule has 1 heterocycles. The third-order valence-electron chi connectivity index (χ3n) is 2.33. The maximum absolute atomic E-state index is 11.2. The summed E-state index contributed by atoms with van der Waals surface area (Å²) in [5, 5.41) is 12.2. The van der Waals surface area contributed by atoms with Crippen LogP contribution in [-0.4, -0.2) is 24.2 Å². The van der Waals surface area contributed by atoms with Gasteiger partial charge in [-0.3, -0.25) is 0 Å². The Bertz CT molecular complexity index is 376. The normalized spacial score (nSPS) is 18.5. The topological polar surface area (TPSA) is 58.6 Å². The quantitative estimate of drug-likeness (QED) is 0.650. The first kappa shape index (κ1) is 8.87. The van der Waals surface area contributed by atoms with Gasteiger partial charge in [0, 0.05) is 18.2 Å². The zero-order valence-electron chi connectivity index (χ0n) is 7.78. The van der Waals surface area contributed by atoms with Crippen LogP contribution in [0.4, 0.5) is 5.69 Å². The van der Waals surface area contributed by atoms with Crippen molar-refractivity contribution >= 4 is 11.7 Å². The minimum absolute atomic E-state index is 0.196. The largest absolute Gasteiger partial charge is 0.508 e. The summed E-state index contributed by atoms with van der Waals surface area (Å²) < 4.78 is 4.63. The van der Waals surface area contributed by atoms with Crippen molar-refractivity contribution in [3.05, 3.63) is 23.8 Å². The molecule has 0 aromatic heterocycles. The van der Waals surface area contributed by atoms with Crippen LogP contribution in [0.2, 0.25) is 0 Å². The summed E-state index contributed by atoms with van der Waals surface area (Å²) in [5.74, 6) is -0.0811. The van der Waals surface area contributed by atoms with Crippen LogP contribution in [0.25, 0.3) is 0 Å². The number of carbonyl (C=O) groups is 1. The Hall–Kier alpha value is -1.71. The highest BCUT2D eigenvalue weighted by molar-refractivity contribution is 5.83. The lowest BCUT2D eigenvalue weighted by molar-refractivity contribution is -0.141. The predicted octanol–water partition coefficient (Wildman–Crippen LogP) is 0.902. The molecule has 0 radical (unpaired) electrons. The van der Waals surface area contributed by atoms with Crippen molar-refractivity contribution in [1.82, 2.24) is 0 Å². The number of anilines is 1. The van der Waals surface area contributed by atoms with Crippen molar-refractivity contribution in [1.29, 1.82) is 0 Å². The molecule has 1 atom stereocenters. The molecule has 0 saturated carbocycles.